The van der Waals surface area contributed by atoms with Crippen molar-refractivity contribution in [2.24, 2.45) is 7.05 Å². The third-order valence-corrected chi connectivity index (χ3v) is 3.36. The number of benzene rings is 1. The molecule has 0 aliphatic heterocycles. The summed E-state index contributed by atoms with van der Waals surface area (Å²) in [5, 5.41) is 3.38. The number of rotatable bonds is 4. The van der Waals surface area contributed by atoms with Gasteiger partial charge in [-0.15, -0.1) is 0 Å². The van der Waals surface area contributed by atoms with E-state index < -0.39 is 0 Å². The predicted molar refractivity (Wildman–Crippen MR) is 78.4 cm³/mol. The Labute approximate surface area is 124 Å². The fourth-order valence-electron chi connectivity index (χ4n) is 1.71. The second-order valence-corrected chi connectivity index (χ2v) is 5.47. The summed E-state index contributed by atoms with van der Waals surface area (Å²) in [6.07, 6.45) is 4.31. The van der Waals surface area contributed by atoms with Crippen LogP contribution in [0.3, 0.4) is 0 Å². The highest BCUT2D eigenvalue weighted by atomic mass is 79.9. The molecule has 0 saturated carbocycles. The van der Waals surface area contributed by atoms with Crippen LogP contribution in [0, 0.1) is 0 Å². The Balaban J connectivity index is 1.92. The average Bonchev–Trinajstić information content (AvgIpc) is 2.74. The lowest BCUT2D eigenvalue weighted by Crippen LogP contribution is -2.26. The highest BCUT2D eigenvalue weighted by Gasteiger charge is 2.07. The Kier molecular flexibility index (Phi) is 4.61. The van der Waals surface area contributed by atoms with E-state index in [9.17, 15) is 4.79 Å². The SMILES string of the molecule is Cn1ccnc1CCNC(=O)c1cc(Cl)cc(Br)c1. The predicted octanol–water partition coefficient (Wildman–Crippen LogP) is 2.81. The van der Waals surface area contributed by atoms with Crippen LogP contribution in [0.1, 0.15) is 16.2 Å². The van der Waals surface area contributed by atoms with Crippen molar-refractivity contribution >= 4 is 33.4 Å². The number of aryl methyl sites for hydroxylation is 1. The van der Waals surface area contributed by atoms with Crippen LogP contribution in [0.2, 0.25) is 5.02 Å². The minimum atomic E-state index is -0.141. The molecule has 0 bridgehead atoms. The summed E-state index contributed by atoms with van der Waals surface area (Å²) in [7, 11) is 1.93. The molecule has 1 amide bonds. The zero-order valence-corrected chi connectivity index (χ0v) is 12.7. The number of hydrogen-bond acceptors (Lipinski definition) is 2. The number of halogens is 2. The molecule has 2 rings (SSSR count). The van der Waals surface area contributed by atoms with Crippen LogP contribution in [0.15, 0.2) is 35.1 Å². The molecule has 0 spiro atoms. The molecule has 0 atom stereocenters. The van der Waals surface area contributed by atoms with E-state index in [1.807, 2.05) is 17.8 Å². The molecule has 0 radical (unpaired) electrons. The normalized spacial score (nSPS) is 10.5. The van der Waals surface area contributed by atoms with Gasteiger partial charge in [-0.25, -0.2) is 4.98 Å². The van der Waals surface area contributed by atoms with Gasteiger partial charge in [-0.05, 0) is 18.2 Å². The molecule has 1 aromatic heterocycles. The zero-order chi connectivity index (χ0) is 13.8. The average molecular weight is 343 g/mol. The van der Waals surface area contributed by atoms with Crippen molar-refractivity contribution < 1.29 is 4.79 Å². The molecule has 100 valence electrons. The molecule has 0 saturated heterocycles. The van der Waals surface area contributed by atoms with Crippen molar-refractivity contribution in [2.45, 2.75) is 6.42 Å². The molecular formula is C13H13BrClN3O. The third-order valence-electron chi connectivity index (χ3n) is 2.68. The maximum atomic E-state index is 11.9. The number of carbonyl (C=O) groups is 1. The Morgan fingerprint density at radius 2 is 2.26 bits per heavy atom. The zero-order valence-electron chi connectivity index (χ0n) is 10.4. The maximum Gasteiger partial charge on any atom is 0.251 e. The van der Waals surface area contributed by atoms with Crippen LogP contribution in [0.25, 0.3) is 0 Å². The Morgan fingerprint density at radius 1 is 1.47 bits per heavy atom. The summed E-state index contributed by atoms with van der Waals surface area (Å²) in [5.41, 5.74) is 0.541. The first-order valence-electron chi connectivity index (χ1n) is 5.77. The van der Waals surface area contributed by atoms with Gasteiger partial charge in [0.1, 0.15) is 5.82 Å². The van der Waals surface area contributed by atoms with Crippen molar-refractivity contribution in [1.29, 1.82) is 0 Å². The highest BCUT2D eigenvalue weighted by molar-refractivity contribution is 9.10. The Hall–Kier alpha value is -1.33. The van der Waals surface area contributed by atoms with E-state index in [1.54, 1.807) is 24.4 Å². The molecule has 1 heterocycles. The summed E-state index contributed by atoms with van der Waals surface area (Å²) in [4.78, 5) is 16.1. The molecule has 19 heavy (non-hydrogen) atoms. The molecule has 0 aliphatic rings. The monoisotopic (exact) mass is 341 g/mol. The van der Waals surface area contributed by atoms with Crippen LogP contribution in [0.5, 0.6) is 0 Å². The molecule has 2 aromatic rings. The van der Waals surface area contributed by atoms with E-state index in [0.29, 0.717) is 23.6 Å². The molecule has 1 aromatic carbocycles. The Morgan fingerprint density at radius 3 is 2.89 bits per heavy atom. The van der Waals surface area contributed by atoms with Crippen LogP contribution in [-0.4, -0.2) is 22.0 Å². The summed E-state index contributed by atoms with van der Waals surface area (Å²) in [6, 6.07) is 5.12. The van der Waals surface area contributed by atoms with Crippen LogP contribution < -0.4 is 5.32 Å². The van der Waals surface area contributed by atoms with Gasteiger partial charge in [0.2, 0.25) is 0 Å². The largest absolute Gasteiger partial charge is 0.352 e. The lowest BCUT2D eigenvalue weighted by atomic mass is 10.2. The summed E-state index contributed by atoms with van der Waals surface area (Å²) in [5.74, 6) is 0.796. The van der Waals surface area contributed by atoms with Gasteiger partial charge in [0, 0.05) is 47.5 Å². The number of aromatic nitrogens is 2. The van der Waals surface area contributed by atoms with Crippen molar-refractivity contribution in [3.05, 3.63) is 51.5 Å². The van der Waals surface area contributed by atoms with Crippen molar-refractivity contribution in [2.75, 3.05) is 6.54 Å². The minimum Gasteiger partial charge on any atom is -0.352 e. The molecule has 6 heteroatoms. The van der Waals surface area contributed by atoms with Gasteiger partial charge in [0.25, 0.3) is 5.91 Å². The quantitative estimate of drug-likeness (QED) is 0.929. The van der Waals surface area contributed by atoms with Crippen LogP contribution in [-0.2, 0) is 13.5 Å². The van der Waals surface area contributed by atoms with Gasteiger partial charge in [-0.3, -0.25) is 4.79 Å². The first-order valence-corrected chi connectivity index (χ1v) is 6.94. The lowest BCUT2D eigenvalue weighted by Gasteiger charge is -2.06. The molecular weight excluding hydrogens is 330 g/mol. The molecule has 0 fully saturated rings. The van der Waals surface area contributed by atoms with Gasteiger partial charge in [-0.1, -0.05) is 27.5 Å². The van der Waals surface area contributed by atoms with Gasteiger partial charge >= 0.3 is 0 Å². The molecule has 1 N–H and O–H groups in total. The van der Waals surface area contributed by atoms with E-state index in [4.69, 9.17) is 11.6 Å². The smallest absolute Gasteiger partial charge is 0.251 e. The number of nitrogens with zero attached hydrogens (tertiary/aromatic N) is 2. The number of carbonyl (C=O) groups excluding carboxylic acids is 1. The van der Waals surface area contributed by atoms with Gasteiger partial charge < -0.3 is 9.88 Å². The number of nitrogens with one attached hydrogen (secondary N) is 1. The topological polar surface area (TPSA) is 46.9 Å². The van der Waals surface area contributed by atoms with Crippen LogP contribution >= 0.6 is 27.5 Å². The van der Waals surface area contributed by atoms with E-state index in [0.717, 1.165) is 10.3 Å². The van der Waals surface area contributed by atoms with E-state index in [-0.39, 0.29) is 5.91 Å². The number of imidazole rings is 1. The van der Waals surface area contributed by atoms with Crippen molar-refractivity contribution in [3.63, 3.8) is 0 Å². The number of amides is 1. The van der Waals surface area contributed by atoms with Gasteiger partial charge in [-0.2, -0.15) is 0 Å². The summed E-state index contributed by atoms with van der Waals surface area (Å²) >= 11 is 9.22. The molecule has 0 unspecified atom stereocenters. The second-order valence-electron chi connectivity index (χ2n) is 4.12. The summed E-state index contributed by atoms with van der Waals surface area (Å²) < 4.78 is 2.72. The molecule has 4 nitrogen and oxygen atoms in total. The Bertz CT molecular complexity index is 577. The summed E-state index contributed by atoms with van der Waals surface area (Å²) in [6.45, 7) is 0.536. The fourth-order valence-corrected chi connectivity index (χ4v) is 2.57. The standard InChI is InChI=1S/C13H13BrClN3O/c1-18-5-4-16-12(18)2-3-17-13(19)9-6-10(14)8-11(15)7-9/h4-8H,2-3H2,1H3,(H,17,19). The maximum absolute atomic E-state index is 11.9. The third kappa shape index (κ3) is 3.81. The van der Waals surface area contributed by atoms with Crippen LogP contribution in [0.4, 0.5) is 0 Å². The van der Waals surface area contributed by atoms with E-state index in [2.05, 4.69) is 26.2 Å². The first kappa shape index (κ1) is 14.1. The second kappa shape index (κ2) is 6.21. The van der Waals surface area contributed by atoms with Gasteiger partial charge in [0.05, 0.1) is 0 Å². The van der Waals surface area contributed by atoms with E-state index >= 15 is 0 Å². The van der Waals surface area contributed by atoms with E-state index in [1.165, 1.54) is 0 Å². The van der Waals surface area contributed by atoms with Crippen molar-refractivity contribution in [1.82, 2.24) is 14.9 Å². The first-order chi connectivity index (χ1) is 9.06. The fraction of sp³-hybridized carbons (Fsp3) is 0.231. The number of hydrogen-bond donors (Lipinski definition) is 1. The molecule has 0 aliphatic carbocycles. The van der Waals surface area contributed by atoms with Crippen molar-refractivity contribution in [3.8, 4) is 0 Å². The minimum absolute atomic E-state index is 0.141. The lowest BCUT2D eigenvalue weighted by molar-refractivity contribution is 0.0954. The van der Waals surface area contributed by atoms with Gasteiger partial charge in [0.15, 0.2) is 0 Å². The highest BCUT2D eigenvalue weighted by Crippen LogP contribution is 2.19.